The van der Waals surface area contributed by atoms with Gasteiger partial charge in [-0.2, -0.15) is 0 Å². The molecule has 7 heteroatoms. The second kappa shape index (κ2) is 26.5. The van der Waals surface area contributed by atoms with Crippen LogP contribution >= 0.6 is 0 Å². The normalized spacial score (nSPS) is 16.9. The van der Waals surface area contributed by atoms with E-state index in [9.17, 15) is 38.4 Å². The summed E-state index contributed by atoms with van der Waals surface area (Å²) >= 11 is 0. The molecule has 0 saturated heterocycles. The van der Waals surface area contributed by atoms with Gasteiger partial charge in [-0.25, -0.2) is 4.98 Å². The van der Waals surface area contributed by atoms with Crippen molar-refractivity contribution in [3.63, 3.8) is 0 Å². The van der Waals surface area contributed by atoms with Gasteiger partial charge in [0.2, 0.25) is 0 Å². The highest BCUT2D eigenvalue weighted by Gasteiger charge is 2.45. The molecule has 5 nitrogen and oxygen atoms in total. The second-order valence-corrected chi connectivity index (χ2v) is 35.0. The van der Waals surface area contributed by atoms with E-state index in [1.165, 1.54) is 39.5 Å². The Balaban J connectivity index is 1.13. The third-order valence-electron chi connectivity index (χ3n) is 18.6. The average molecular weight is 1400 g/mol. The first-order chi connectivity index (χ1) is 64.1. The van der Waals surface area contributed by atoms with Crippen LogP contribution in [0.5, 0.6) is 11.5 Å². The Hall–Kier alpha value is -11.5. The van der Waals surface area contributed by atoms with Crippen molar-refractivity contribution in [3.05, 3.63) is 368 Å². The highest BCUT2D eigenvalue weighted by atomic mass is 28.3. The van der Waals surface area contributed by atoms with E-state index in [-0.39, 0.29) is 55.6 Å². The van der Waals surface area contributed by atoms with Gasteiger partial charge in [-0.05, 0) is 151 Å². The van der Waals surface area contributed by atoms with Crippen molar-refractivity contribution < 1.29 is 55.9 Å². The maximum absolute atomic E-state index is 11.0. The van der Waals surface area contributed by atoms with Crippen LogP contribution in [0.4, 0.5) is 0 Å². The van der Waals surface area contributed by atoms with Crippen LogP contribution in [0.15, 0.2) is 345 Å². The van der Waals surface area contributed by atoms with Crippen LogP contribution in [-0.4, -0.2) is 30.3 Å². The summed E-state index contributed by atoms with van der Waals surface area (Å²) in [5.74, 6) is 0.998. The number of ether oxygens (including phenoxy) is 1. The fourth-order valence-corrected chi connectivity index (χ4v) is 21.1. The Bertz CT molecular complexity index is 7430. The molecule has 0 amide bonds. The van der Waals surface area contributed by atoms with E-state index in [4.69, 9.17) is 17.9 Å². The number of fused-ring (bicyclic) bond motifs is 4. The van der Waals surface area contributed by atoms with E-state index < -0.39 is 274 Å². The maximum Gasteiger partial charge on any atom is 0.269 e. The molecule has 0 radical (unpaired) electrons. The lowest BCUT2D eigenvalue weighted by Gasteiger charge is -2.37. The third-order valence-corrected chi connectivity index (χ3v) is 26.8. The molecule has 0 atom stereocenters. The number of hydrogen-bond acceptors (Lipinski definition) is 2. The highest BCUT2D eigenvalue weighted by Crippen LogP contribution is 2.40. The molecule has 0 spiro atoms. The van der Waals surface area contributed by atoms with Crippen LogP contribution in [0.1, 0.15) is 126 Å². The largest absolute Gasteiger partial charge is 0.458 e. The summed E-state index contributed by atoms with van der Waals surface area (Å²) in [6.45, 7) is 18.0. The first-order valence-electron chi connectivity index (χ1n) is 50.2. The molecule has 103 heavy (non-hydrogen) atoms. The Morgan fingerprint density at radius 3 is 1.47 bits per heavy atom. The molecule has 0 bridgehead atoms. The Labute approximate surface area is 656 Å². The minimum atomic E-state index is -6.50. The molecule has 0 saturated carbocycles. The minimum absolute atomic E-state index is 0.0864. The van der Waals surface area contributed by atoms with Gasteiger partial charge in [-0.15, -0.1) is 0 Å². The topological polar surface area (TPSA) is 35.9 Å². The number of benzene rings is 13. The lowest BCUT2D eigenvalue weighted by molar-refractivity contribution is -0.570. The van der Waals surface area contributed by atoms with Gasteiger partial charge in [0, 0.05) is 23.0 Å². The Morgan fingerprint density at radius 2 is 0.903 bits per heavy atom. The molecule has 0 unspecified atom stereocenters. The van der Waals surface area contributed by atoms with Crippen molar-refractivity contribution in [1.82, 2.24) is 14.1 Å². The van der Waals surface area contributed by atoms with Gasteiger partial charge < -0.3 is 4.74 Å². The van der Waals surface area contributed by atoms with Gasteiger partial charge in [0.05, 0.1) is 80.0 Å². The summed E-state index contributed by atoms with van der Waals surface area (Å²) in [7, 11) is -12.8. The van der Waals surface area contributed by atoms with Gasteiger partial charge in [0.25, 0.3) is 6.33 Å². The number of pyridine rings is 1. The van der Waals surface area contributed by atoms with Gasteiger partial charge in [0.15, 0.2) is 16.1 Å². The van der Waals surface area contributed by atoms with Crippen LogP contribution in [-0.2, 0) is 16.2 Å². The number of aromatic nitrogens is 4. The van der Waals surface area contributed by atoms with E-state index in [1.54, 1.807) is 42.6 Å². The molecule has 0 aliphatic carbocycles. The Morgan fingerprint density at radius 1 is 0.388 bits per heavy atom. The zero-order chi connectivity index (χ0) is 100. The van der Waals surface area contributed by atoms with E-state index in [0.29, 0.717) is 28.0 Å². The van der Waals surface area contributed by atoms with E-state index in [1.807, 2.05) is 113 Å². The molecule has 502 valence electrons. The molecule has 0 aliphatic rings. The molecular formula is C96H84N4OSi2. The molecule has 16 rings (SSSR count). The van der Waals surface area contributed by atoms with E-state index >= 15 is 0 Å². The molecular weight excluding hydrogens is 1280 g/mol. The number of imidazole rings is 1. The zero-order valence-electron chi connectivity index (χ0n) is 91.5. The first kappa shape index (κ1) is 38.0. The summed E-state index contributed by atoms with van der Waals surface area (Å²) in [5, 5.41) is -5.65. The summed E-state index contributed by atoms with van der Waals surface area (Å²) in [5.41, 5.74) is 1.13. The second-order valence-electron chi connectivity index (χ2n) is 28.0. The number of hydrogen-bond donors (Lipinski definition) is 0. The van der Waals surface area contributed by atoms with Crippen LogP contribution in [0.3, 0.4) is 0 Å². The summed E-state index contributed by atoms with van der Waals surface area (Å²) in [6.07, 6.45) is 5.26. The zero-order valence-corrected chi connectivity index (χ0v) is 59.5. The lowest BCUT2D eigenvalue weighted by Crippen LogP contribution is -2.76. The van der Waals surface area contributed by atoms with E-state index in [2.05, 4.69) is 27.1 Å². The first-order valence-corrected chi connectivity index (χ1v) is 37.2. The average Bonchev–Trinajstić information content (AvgIpc) is 1.05. The molecule has 0 fully saturated rings. The Kier molecular flexibility index (Phi) is 9.76. The number of nitrogens with zero attached hydrogens (tertiary/aromatic N) is 4. The predicted molar refractivity (Wildman–Crippen MR) is 436 cm³/mol. The lowest BCUT2D eigenvalue weighted by atomic mass is 9.79. The van der Waals surface area contributed by atoms with Crippen molar-refractivity contribution in [2.45, 2.75) is 78.6 Å². The van der Waals surface area contributed by atoms with Gasteiger partial charge in [0.1, 0.15) is 17.3 Å². The highest BCUT2D eigenvalue weighted by molar-refractivity contribution is 7.20. The van der Waals surface area contributed by atoms with Crippen molar-refractivity contribution in [2.24, 2.45) is 0 Å². The van der Waals surface area contributed by atoms with Gasteiger partial charge in [-0.3, -0.25) is 13.7 Å². The SMILES string of the molecule is [2H]c1c([2H])c([2H])c([Si](c2cccc(-c3cc(C(C)(C)C)cc(C(C)(C)C)c3)c2-[n+]2[c-]n(-c3cccc(Oc4ccc5c6ccccc6n(-c6cc(C(C)(C)C)ccn6)c5c4)c3)c3cc(-c4c([2H])c([2H])c([2H])c([Si](c5c([2H])c([2H])c([2H])c([2H])c5[2H])(c5c([2H])c([2H])c([2H])c([2H])c5[2H])c5c([2H])c([2H])c([2H])c([2H])c5[2H])c4[2H])ccc32)(c2c([2H])c([2H])c([2H])c([2H])c2[2H])c2c([2H])c([2H])c([2H])c([2H])c2[2H])c([2H])c1[2H]. The van der Waals surface area contributed by atoms with Crippen molar-refractivity contribution in [1.29, 1.82) is 0 Å². The molecule has 3 heterocycles. The molecule has 3 aromatic heterocycles. The maximum atomic E-state index is 11.0. The number of para-hydroxylation sites is 2. The summed E-state index contributed by atoms with van der Waals surface area (Å²) in [4.78, 5) is 4.88. The standard InChI is InChI=1S/C96H84N4OSi2/c1-94(2,3)71-57-58-97-92(64-71)100-87-51-29-28-49-85(87)86-55-54-76(66-89(86)100)101-75-35-31-34-74(65-75)98-67-99(88-56-53-69(62-90(88)98)68-33-30-48-83(61-68)102(77-36-16-10-17-37-77,78-38-18-11-19-39-78)79-40-20-12-21-41-79)93-84(70-59-72(95(4,5)6)63-73(60-70)96(7,8)9)50-32-52-91(93)103(80-42-22-13-23-43-80,81-44-24-14-25-45-81)82-46-26-15-27-47-82/h10-66H,1-9H3/i10D,11D,12D,13D,14D,15D,16D,17D,18D,19D,20D,21D,22D,23D,24D,25D,26D,27D,30D,33D,36D,37D,38D,39D,40D,41D,42D,43D,44D,45D,46D,47D,48D,61D. The minimum Gasteiger partial charge on any atom is -0.458 e. The van der Waals surface area contributed by atoms with E-state index in [0.717, 1.165) is 21.9 Å². The van der Waals surface area contributed by atoms with Crippen LogP contribution in [0.25, 0.3) is 72.3 Å². The quantitative estimate of drug-likeness (QED) is 0.0444. The van der Waals surface area contributed by atoms with Crippen molar-refractivity contribution >= 4 is 90.5 Å². The van der Waals surface area contributed by atoms with Gasteiger partial charge >= 0.3 is 0 Å². The molecule has 16 aromatic rings. The van der Waals surface area contributed by atoms with Gasteiger partial charge in [-0.1, -0.05) is 341 Å². The molecule has 0 aliphatic heterocycles. The smallest absolute Gasteiger partial charge is 0.269 e. The monoisotopic (exact) mass is 1400 g/mol. The van der Waals surface area contributed by atoms with Crippen LogP contribution in [0.2, 0.25) is 0 Å². The third kappa shape index (κ3) is 12.0. The fraction of sp³-hybridized carbons (Fsp3) is 0.125. The summed E-state index contributed by atoms with van der Waals surface area (Å²) in [6, 6.07) is -0.649. The number of rotatable bonds is 15. The van der Waals surface area contributed by atoms with Crippen LogP contribution in [0, 0.1) is 6.33 Å². The molecule has 0 N–H and O–H groups in total. The van der Waals surface area contributed by atoms with Crippen molar-refractivity contribution in [2.75, 3.05) is 0 Å². The van der Waals surface area contributed by atoms with Crippen molar-refractivity contribution in [3.8, 4) is 50.9 Å². The van der Waals surface area contributed by atoms with Crippen LogP contribution < -0.4 is 50.8 Å². The fourth-order valence-electron chi connectivity index (χ4n) is 13.5. The molecule has 13 aromatic carbocycles. The predicted octanol–water partition coefficient (Wildman–Crippen LogP) is 18.0. The summed E-state index contributed by atoms with van der Waals surface area (Å²) < 4.78 is 343.